The maximum atomic E-state index is 13.7. The van der Waals surface area contributed by atoms with Gasteiger partial charge in [0.1, 0.15) is 5.82 Å². The number of carboxylic acid groups (broad SMARTS) is 1. The highest BCUT2D eigenvalue weighted by molar-refractivity contribution is 5.87. The molecule has 0 atom stereocenters. The Hall–Kier alpha value is -2.37. The van der Waals surface area contributed by atoms with Crippen LogP contribution in [0, 0.1) is 5.82 Å². The van der Waals surface area contributed by atoms with E-state index in [9.17, 15) is 14.0 Å². The quantitative estimate of drug-likeness (QED) is 0.761. The highest BCUT2D eigenvalue weighted by Crippen LogP contribution is 2.24. The molecule has 0 saturated heterocycles. The number of likely N-dealkylation sites (N-methyl/N-ethyl adjacent to an activating group) is 1. The van der Waals surface area contributed by atoms with Crippen LogP contribution in [0.5, 0.6) is 0 Å². The number of nitrogens with zero attached hydrogens (tertiary/aromatic N) is 1. The highest BCUT2D eigenvalue weighted by Gasteiger charge is 2.13. The van der Waals surface area contributed by atoms with Crippen LogP contribution in [0.4, 0.5) is 10.1 Å². The minimum absolute atomic E-state index is 0.133. The predicted molar refractivity (Wildman–Crippen MR) is 65.5 cm³/mol. The van der Waals surface area contributed by atoms with E-state index >= 15 is 0 Å². The van der Waals surface area contributed by atoms with Gasteiger partial charge in [-0.15, -0.1) is 0 Å². The molecule has 0 aromatic heterocycles. The molecule has 3 N–H and O–H groups in total. The molecule has 0 unspecified atom stereocenters. The molecule has 0 aliphatic heterocycles. The van der Waals surface area contributed by atoms with Gasteiger partial charge in [0.2, 0.25) is 5.91 Å². The third-order valence-corrected chi connectivity index (χ3v) is 2.20. The number of rotatable bonds is 5. The number of anilines is 1. The zero-order valence-corrected chi connectivity index (χ0v) is 9.76. The van der Waals surface area contributed by atoms with E-state index in [4.69, 9.17) is 10.8 Å². The number of carbonyl (C=O) groups excluding carboxylic acids is 1. The monoisotopic (exact) mass is 252 g/mol. The van der Waals surface area contributed by atoms with E-state index < -0.39 is 17.7 Å². The van der Waals surface area contributed by atoms with Crippen LogP contribution in [-0.4, -0.2) is 30.6 Å². The minimum Gasteiger partial charge on any atom is -0.478 e. The molecule has 0 bridgehead atoms. The van der Waals surface area contributed by atoms with Gasteiger partial charge in [-0.2, -0.15) is 0 Å². The fourth-order valence-electron chi connectivity index (χ4n) is 1.54. The fourth-order valence-corrected chi connectivity index (χ4v) is 1.54. The van der Waals surface area contributed by atoms with Gasteiger partial charge >= 0.3 is 5.97 Å². The normalized spacial score (nSPS) is 10.6. The summed E-state index contributed by atoms with van der Waals surface area (Å²) in [6, 6.07) is 4.23. The van der Waals surface area contributed by atoms with Crippen molar-refractivity contribution >= 4 is 23.6 Å². The van der Waals surface area contributed by atoms with E-state index in [1.54, 1.807) is 6.07 Å². The molecular formula is C12H13FN2O3. The van der Waals surface area contributed by atoms with Crippen LogP contribution in [-0.2, 0) is 9.59 Å². The number of para-hydroxylation sites is 1. The Morgan fingerprint density at radius 1 is 1.50 bits per heavy atom. The van der Waals surface area contributed by atoms with Crippen molar-refractivity contribution in [3.05, 3.63) is 35.7 Å². The summed E-state index contributed by atoms with van der Waals surface area (Å²) in [5, 5.41) is 8.55. The van der Waals surface area contributed by atoms with Crippen LogP contribution >= 0.6 is 0 Å². The number of carbonyl (C=O) groups is 2. The second kappa shape index (κ2) is 5.81. The summed E-state index contributed by atoms with van der Waals surface area (Å²) in [4.78, 5) is 22.6. The van der Waals surface area contributed by atoms with Crippen molar-refractivity contribution in [1.82, 2.24) is 0 Å². The van der Waals surface area contributed by atoms with E-state index in [1.165, 1.54) is 30.2 Å². The number of nitrogens with two attached hydrogens (primary N) is 1. The van der Waals surface area contributed by atoms with Crippen molar-refractivity contribution in [2.24, 2.45) is 5.73 Å². The summed E-state index contributed by atoms with van der Waals surface area (Å²) in [6.45, 7) is -0.158. The average Bonchev–Trinajstić information content (AvgIpc) is 2.24. The van der Waals surface area contributed by atoms with Gasteiger partial charge in [-0.1, -0.05) is 12.1 Å². The smallest absolute Gasteiger partial charge is 0.328 e. The second-order valence-corrected chi connectivity index (χ2v) is 3.67. The lowest BCUT2D eigenvalue weighted by atomic mass is 10.1. The first kappa shape index (κ1) is 13.7. The third kappa shape index (κ3) is 3.58. The molecule has 6 heteroatoms. The van der Waals surface area contributed by atoms with E-state index in [0.717, 1.165) is 6.08 Å². The topological polar surface area (TPSA) is 83.6 Å². The van der Waals surface area contributed by atoms with Gasteiger partial charge < -0.3 is 15.7 Å². The van der Waals surface area contributed by atoms with Crippen molar-refractivity contribution in [2.75, 3.05) is 18.5 Å². The highest BCUT2D eigenvalue weighted by atomic mass is 19.1. The maximum absolute atomic E-state index is 13.7. The first-order chi connectivity index (χ1) is 8.41. The Morgan fingerprint density at radius 2 is 2.17 bits per heavy atom. The van der Waals surface area contributed by atoms with Crippen LogP contribution < -0.4 is 10.6 Å². The lowest BCUT2D eigenvalue weighted by Gasteiger charge is -2.20. The molecule has 1 aromatic carbocycles. The Bertz CT molecular complexity index is 500. The zero-order valence-electron chi connectivity index (χ0n) is 9.76. The molecule has 0 aliphatic carbocycles. The van der Waals surface area contributed by atoms with Crippen molar-refractivity contribution < 1.29 is 19.1 Å². The van der Waals surface area contributed by atoms with Gasteiger partial charge in [0, 0.05) is 18.7 Å². The predicted octanol–water partition coefficient (Wildman–Crippen LogP) is 0.845. The number of benzene rings is 1. The van der Waals surface area contributed by atoms with Crippen molar-refractivity contribution in [3.63, 3.8) is 0 Å². The lowest BCUT2D eigenvalue weighted by molar-refractivity contribution is -0.131. The van der Waals surface area contributed by atoms with E-state index in [0.29, 0.717) is 5.56 Å². The summed E-state index contributed by atoms with van der Waals surface area (Å²) in [5.74, 6) is -2.29. The number of primary amides is 1. The number of hydrogen-bond donors (Lipinski definition) is 2. The number of aliphatic carboxylic acids is 1. The largest absolute Gasteiger partial charge is 0.478 e. The van der Waals surface area contributed by atoms with Crippen LogP contribution in [0.3, 0.4) is 0 Å². The SMILES string of the molecule is CN(CC(N)=O)c1c(F)cccc1/C=C/C(=O)O. The van der Waals surface area contributed by atoms with Crippen LogP contribution in [0.2, 0.25) is 0 Å². The Labute approximate surface area is 103 Å². The molecule has 1 amide bonds. The summed E-state index contributed by atoms with van der Waals surface area (Å²) in [5.41, 5.74) is 5.53. The standard InChI is InChI=1S/C12H13FN2O3/c1-15(7-10(14)16)12-8(5-6-11(17)18)3-2-4-9(12)13/h2-6H,7H2,1H3,(H2,14,16)(H,17,18)/b6-5+. The molecule has 0 saturated carbocycles. The molecule has 1 aromatic rings. The Morgan fingerprint density at radius 3 is 2.72 bits per heavy atom. The molecule has 0 spiro atoms. The van der Waals surface area contributed by atoms with Gasteiger partial charge in [0.25, 0.3) is 0 Å². The summed E-state index contributed by atoms with van der Waals surface area (Å²) < 4.78 is 13.7. The number of amides is 1. The van der Waals surface area contributed by atoms with Crippen LogP contribution in [0.25, 0.3) is 6.08 Å². The van der Waals surface area contributed by atoms with Crippen LogP contribution in [0.15, 0.2) is 24.3 Å². The summed E-state index contributed by atoms with van der Waals surface area (Å²) >= 11 is 0. The second-order valence-electron chi connectivity index (χ2n) is 3.67. The van der Waals surface area contributed by atoms with Crippen molar-refractivity contribution in [1.29, 1.82) is 0 Å². The minimum atomic E-state index is -1.14. The van der Waals surface area contributed by atoms with Gasteiger partial charge in [-0.05, 0) is 12.1 Å². The molecule has 5 nitrogen and oxygen atoms in total. The molecule has 0 radical (unpaired) electrons. The Balaban J connectivity index is 3.15. The van der Waals surface area contributed by atoms with E-state index in [2.05, 4.69) is 0 Å². The average molecular weight is 252 g/mol. The van der Waals surface area contributed by atoms with Gasteiger partial charge in [-0.25, -0.2) is 9.18 Å². The molecular weight excluding hydrogens is 239 g/mol. The molecule has 96 valence electrons. The zero-order chi connectivity index (χ0) is 13.7. The first-order valence-electron chi connectivity index (χ1n) is 5.10. The van der Waals surface area contributed by atoms with Gasteiger partial charge in [-0.3, -0.25) is 4.79 Å². The number of halogens is 1. The first-order valence-corrected chi connectivity index (χ1v) is 5.10. The Kier molecular flexibility index (Phi) is 4.42. The number of carboxylic acids is 1. The van der Waals surface area contributed by atoms with Crippen LogP contribution in [0.1, 0.15) is 5.56 Å². The summed E-state index contributed by atoms with van der Waals surface area (Å²) in [6.07, 6.45) is 2.16. The lowest BCUT2D eigenvalue weighted by Crippen LogP contribution is -2.31. The fraction of sp³-hybridized carbons (Fsp3) is 0.167. The van der Waals surface area contributed by atoms with E-state index in [1.807, 2.05) is 0 Å². The van der Waals surface area contributed by atoms with E-state index in [-0.39, 0.29) is 12.2 Å². The summed E-state index contributed by atoms with van der Waals surface area (Å²) in [7, 11) is 1.50. The van der Waals surface area contributed by atoms with Gasteiger partial charge in [0.05, 0.1) is 12.2 Å². The molecule has 18 heavy (non-hydrogen) atoms. The molecule has 0 aliphatic rings. The molecule has 1 rings (SSSR count). The molecule has 0 fully saturated rings. The van der Waals surface area contributed by atoms with Gasteiger partial charge in [0.15, 0.2) is 0 Å². The third-order valence-electron chi connectivity index (χ3n) is 2.20. The number of hydrogen-bond acceptors (Lipinski definition) is 3. The van der Waals surface area contributed by atoms with Crippen molar-refractivity contribution in [3.8, 4) is 0 Å². The molecule has 0 heterocycles. The maximum Gasteiger partial charge on any atom is 0.328 e. The van der Waals surface area contributed by atoms with Crippen molar-refractivity contribution in [2.45, 2.75) is 0 Å².